The maximum atomic E-state index is 12.8. The lowest BCUT2D eigenvalue weighted by Crippen LogP contribution is -2.39. The lowest BCUT2D eigenvalue weighted by molar-refractivity contribution is -0.118. The minimum absolute atomic E-state index is 0.364. The van der Waals surface area contributed by atoms with E-state index in [2.05, 4.69) is 10.3 Å². The molecule has 1 unspecified atom stereocenters. The van der Waals surface area contributed by atoms with Crippen LogP contribution in [0.2, 0.25) is 0 Å². The number of aromatic nitrogens is 2. The average molecular weight is 445 g/mol. The number of anilines is 1. The maximum absolute atomic E-state index is 12.8. The van der Waals surface area contributed by atoms with E-state index in [1.54, 1.807) is 36.1 Å². The van der Waals surface area contributed by atoms with Crippen LogP contribution in [-0.4, -0.2) is 38.6 Å². The molecule has 9 nitrogen and oxygen atoms in total. The van der Waals surface area contributed by atoms with Gasteiger partial charge in [0.05, 0.1) is 17.8 Å². The Morgan fingerprint density at radius 2 is 2.03 bits per heavy atom. The van der Waals surface area contributed by atoms with Crippen molar-refractivity contribution in [3.05, 3.63) is 45.4 Å². The van der Waals surface area contributed by atoms with Crippen molar-refractivity contribution in [1.29, 1.82) is 0 Å². The van der Waals surface area contributed by atoms with Gasteiger partial charge < -0.3 is 19.4 Å². The number of nitrogens with one attached hydrogen (secondary N) is 1. The Balaban J connectivity index is 1.48. The smallest absolute Gasteiger partial charge is 0.420 e. The van der Waals surface area contributed by atoms with Crippen LogP contribution in [0, 0.1) is 0 Å². The number of para-hydroxylation sites is 2. The van der Waals surface area contributed by atoms with Crippen LogP contribution in [0.3, 0.4) is 0 Å². The highest BCUT2D eigenvalue weighted by atomic mass is 32.1. The van der Waals surface area contributed by atoms with Crippen LogP contribution < -0.4 is 11.1 Å². The molecule has 31 heavy (non-hydrogen) atoms. The van der Waals surface area contributed by atoms with Gasteiger partial charge in [0.15, 0.2) is 10.7 Å². The summed E-state index contributed by atoms with van der Waals surface area (Å²) in [5.74, 6) is -0.959. The van der Waals surface area contributed by atoms with E-state index in [1.165, 1.54) is 15.9 Å². The van der Waals surface area contributed by atoms with E-state index in [1.807, 2.05) is 20.8 Å². The fourth-order valence-corrected chi connectivity index (χ4v) is 4.44. The number of oxazole rings is 1. The molecule has 3 aromatic rings. The Bertz CT molecular complexity index is 1200. The summed E-state index contributed by atoms with van der Waals surface area (Å²) < 4.78 is 12.0. The summed E-state index contributed by atoms with van der Waals surface area (Å²) >= 11 is 1.32. The molecule has 0 aliphatic carbocycles. The zero-order valence-corrected chi connectivity index (χ0v) is 18.6. The number of carbonyl (C=O) groups is 2. The van der Waals surface area contributed by atoms with Crippen molar-refractivity contribution in [3.8, 4) is 0 Å². The van der Waals surface area contributed by atoms with Gasteiger partial charge in [0.25, 0.3) is 0 Å². The van der Waals surface area contributed by atoms with Crippen LogP contribution in [0.15, 0.2) is 33.5 Å². The van der Waals surface area contributed by atoms with E-state index in [0.717, 1.165) is 10.6 Å². The van der Waals surface area contributed by atoms with Crippen LogP contribution >= 0.6 is 11.3 Å². The van der Waals surface area contributed by atoms with Gasteiger partial charge in [0, 0.05) is 17.8 Å². The summed E-state index contributed by atoms with van der Waals surface area (Å²) in [5.41, 5.74) is 1.29. The zero-order valence-electron chi connectivity index (χ0n) is 17.8. The first-order valence-electron chi connectivity index (χ1n) is 10.00. The van der Waals surface area contributed by atoms with E-state index in [9.17, 15) is 14.4 Å². The van der Waals surface area contributed by atoms with Gasteiger partial charge in [-0.2, -0.15) is 0 Å². The second-order valence-corrected chi connectivity index (χ2v) is 9.50. The van der Waals surface area contributed by atoms with Crippen molar-refractivity contribution in [3.63, 3.8) is 0 Å². The van der Waals surface area contributed by atoms with Gasteiger partial charge in [-0.15, -0.1) is 0 Å². The molecule has 0 saturated heterocycles. The fraction of sp³-hybridized carbons (Fsp3) is 0.429. The predicted molar refractivity (Wildman–Crippen MR) is 116 cm³/mol. The van der Waals surface area contributed by atoms with Crippen LogP contribution in [0.4, 0.5) is 9.93 Å². The number of benzene rings is 1. The van der Waals surface area contributed by atoms with Crippen molar-refractivity contribution in [2.75, 3.05) is 11.9 Å². The first-order chi connectivity index (χ1) is 14.6. The molecule has 0 fully saturated rings. The Hall–Kier alpha value is -3.14. The lowest BCUT2D eigenvalue weighted by atomic mass is 10.2. The van der Waals surface area contributed by atoms with Gasteiger partial charge in [0.2, 0.25) is 5.91 Å². The van der Waals surface area contributed by atoms with Crippen molar-refractivity contribution < 1.29 is 18.7 Å². The molecule has 4 rings (SSSR count). The topological polar surface area (TPSA) is 107 Å². The second kappa shape index (κ2) is 7.84. The molecule has 0 radical (unpaired) electrons. The molecule has 164 valence electrons. The SMILES string of the molecule is CC(C(=O)Nc1nc2c(s1)CN(C(=O)OC(C)(C)C)CC2)n1c(=O)oc2ccccc21. The van der Waals surface area contributed by atoms with Crippen LogP contribution in [0.5, 0.6) is 0 Å². The lowest BCUT2D eigenvalue weighted by Gasteiger charge is -2.29. The van der Waals surface area contributed by atoms with E-state index in [-0.39, 0.29) is 12.0 Å². The number of hydrogen-bond donors (Lipinski definition) is 1. The first kappa shape index (κ1) is 21.1. The van der Waals surface area contributed by atoms with Crippen molar-refractivity contribution >= 4 is 39.6 Å². The Morgan fingerprint density at radius 3 is 2.77 bits per heavy atom. The molecule has 1 N–H and O–H groups in total. The predicted octanol–water partition coefficient (Wildman–Crippen LogP) is 3.54. The monoisotopic (exact) mass is 444 g/mol. The standard InChI is InChI=1S/C21H24N4O5S/c1-12(25-14-7-5-6-8-15(14)29-20(25)28)17(26)23-18-22-13-9-10-24(11-16(13)31-18)19(27)30-21(2,3)4/h5-8,12H,9-11H2,1-4H3,(H,22,23,26). The quantitative estimate of drug-likeness (QED) is 0.662. The van der Waals surface area contributed by atoms with E-state index < -0.39 is 17.4 Å². The van der Waals surface area contributed by atoms with Gasteiger partial charge in [-0.1, -0.05) is 23.5 Å². The van der Waals surface area contributed by atoms with Gasteiger partial charge in [0.1, 0.15) is 11.6 Å². The molecular weight excluding hydrogens is 420 g/mol. The molecule has 0 bridgehead atoms. The number of hydrogen-bond acceptors (Lipinski definition) is 7. The molecule has 1 aromatic carbocycles. The molecule has 1 atom stereocenters. The molecule has 3 heterocycles. The van der Waals surface area contributed by atoms with E-state index >= 15 is 0 Å². The third-order valence-corrected chi connectivity index (χ3v) is 5.90. The summed E-state index contributed by atoms with van der Waals surface area (Å²) in [5, 5.41) is 3.23. The van der Waals surface area contributed by atoms with Crippen molar-refractivity contribution in [2.45, 2.75) is 52.3 Å². The summed E-state index contributed by atoms with van der Waals surface area (Å²) in [7, 11) is 0. The molecule has 10 heteroatoms. The van der Waals surface area contributed by atoms with E-state index in [0.29, 0.717) is 35.7 Å². The molecular formula is C21H24N4O5S. The molecule has 1 aliphatic rings. The third kappa shape index (κ3) is 4.34. The maximum Gasteiger partial charge on any atom is 0.420 e. The average Bonchev–Trinajstić information content (AvgIpc) is 3.24. The normalized spacial score (nSPS) is 14.9. The van der Waals surface area contributed by atoms with Gasteiger partial charge in [-0.25, -0.2) is 14.6 Å². The highest BCUT2D eigenvalue weighted by Crippen LogP contribution is 2.29. The Kier molecular flexibility index (Phi) is 5.34. The summed E-state index contributed by atoms with van der Waals surface area (Å²) in [6.07, 6.45) is 0.222. The zero-order chi connectivity index (χ0) is 22.3. The van der Waals surface area contributed by atoms with Crippen molar-refractivity contribution in [2.24, 2.45) is 0 Å². The van der Waals surface area contributed by atoms with Gasteiger partial charge in [-0.3, -0.25) is 9.36 Å². The number of rotatable bonds is 3. The number of fused-ring (bicyclic) bond motifs is 2. The Labute approximate surface area is 182 Å². The summed E-state index contributed by atoms with van der Waals surface area (Å²) in [6, 6.07) is 6.18. The Morgan fingerprint density at radius 1 is 1.29 bits per heavy atom. The minimum Gasteiger partial charge on any atom is -0.444 e. The highest BCUT2D eigenvalue weighted by Gasteiger charge is 2.29. The minimum atomic E-state index is -0.782. The molecule has 2 aromatic heterocycles. The van der Waals surface area contributed by atoms with Crippen LogP contribution in [0.1, 0.15) is 44.3 Å². The fourth-order valence-electron chi connectivity index (χ4n) is 3.41. The molecule has 0 saturated carbocycles. The number of carbonyl (C=O) groups excluding carboxylic acids is 2. The van der Waals surface area contributed by atoms with Crippen LogP contribution in [-0.2, 0) is 22.5 Å². The van der Waals surface area contributed by atoms with Crippen molar-refractivity contribution in [1.82, 2.24) is 14.5 Å². The number of ether oxygens (including phenoxy) is 1. The van der Waals surface area contributed by atoms with E-state index in [4.69, 9.17) is 9.15 Å². The first-order valence-corrected chi connectivity index (χ1v) is 10.8. The number of amides is 2. The highest BCUT2D eigenvalue weighted by molar-refractivity contribution is 7.15. The van der Waals surface area contributed by atoms with Gasteiger partial charge >= 0.3 is 11.8 Å². The third-order valence-electron chi connectivity index (χ3n) is 4.90. The summed E-state index contributed by atoms with van der Waals surface area (Å²) in [6.45, 7) is 8.02. The number of thiazole rings is 1. The number of nitrogens with zero attached hydrogens (tertiary/aromatic N) is 3. The molecule has 0 spiro atoms. The second-order valence-electron chi connectivity index (χ2n) is 8.41. The van der Waals surface area contributed by atoms with Gasteiger partial charge in [-0.05, 0) is 39.8 Å². The molecule has 1 aliphatic heterocycles. The molecule has 2 amide bonds. The largest absolute Gasteiger partial charge is 0.444 e. The van der Waals surface area contributed by atoms with Crippen LogP contribution in [0.25, 0.3) is 11.1 Å². The summed E-state index contributed by atoms with van der Waals surface area (Å²) in [4.78, 5) is 44.5.